The molecule has 1 aromatic heterocycles. The number of hydrogen-bond acceptors (Lipinski definition) is 2. The van der Waals surface area contributed by atoms with Gasteiger partial charge in [0.15, 0.2) is 0 Å². The Hall–Kier alpha value is -1.42. The molecule has 104 valence electrons. The summed E-state index contributed by atoms with van der Waals surface area (Å²) >= 11 is 5.28. The summed E-state index contributed by atoms with van der Waals surface area (Å²) in [6.07, 6.45) is 3.62. The predicted molar refractivity (Wildman–Crippen MR) is 94.2 cm³/mol. The lowest BCUT2D eigenvalue weighted by molar-refractivity contribution is 0.251. The second-order valence-corrected chi connectivity index (χ2v) is 7.31. The van der Waals surface area contributed by atoms with Gasteiger partial charge in [0, 0.05) is 14.6 Å². The zero-order valence-corrected chi connectivity index (χ0v) is 13.6. The SMILES string of the molecule is OC1C=c2sc3c(-c4ccccc4)cccc3c2=CC1Br. The second kappa shape index (κ2) is 5.09. The van der Waals surface area contributed by atoms with Crippen LogP contribution in [0.25, 0.3) is 33.4 Å². The van der Waals surface area contributed by atoms with Crippen LogP contribution in [0.4, 0.5) is 0 Å². The molecule has 1 heterocycles. The molecule has 0 fully saturated rings. The van der Waals surface area contributed by atoms with E-state index in [1.807, 2.05) is 12.1 Å². The van der Waals surface area contributed by atoms with Gasteiger partial charge in [-0.2, -0.15) is 0 Å². The van der Waals surface area contributed by atoms with Gasteiger partial charge in [-0.3, -0.25) is 0 Å². The minimum atomic E-state index is -0.453. The number of alkyl halides is 1. The molecule has 0 radical (unpaired) electrons. The van der Waals surface area contributed by atoms with Gasteiger partial charge in [-0.05, 0) is 22.4 Å². The Balaban J connectivity index is 2.08. The molecular formula is C18H13BrOS. The highest BCUT2D eigenvalue weighted by Gasteiger charge is 2.17. The molecule has 2 aromatic carbocycles. The van der Waals surface area contributed by atoms with Crippen molar-refractivity contribution >= 4 is 49.5 Å². The number of halogens is 1. The fraction of sp³-hybridized carbons (Fsp3) is 0.111. The molecule has 0 saturated carbocycles. The fourth-order valence-electron chi connectivity index (χ4n) is 2.80. The smallest absolute Gasteiger partial charge is 0.0897 e. The van der Waals surface area contributed by atoms with Crippen molar-refractivity contribution in [2.24, 2.45) is 0 Å². The Kier molecular flexibility index (Phi) is 3.21. The Morgan fingerprint density at radius 3 is 2.57 bits per heavy atom. The molecule has 2 atom stereocenters. The van der Waals surface area contributed by atoms with Crippen LogP contribution >= 0.6 is 27.3 Å². The van der Waals surface area contributed by atoms with Crippen molar-refractivity contribution in [2.45, 2.75) is 10.9 Å². The molecule has 0 aliphatic heterocycles. The standard InChI is InChI=1S/C18H13BrOS/c19-15-9-14-13-8-4-7-12(11-5-2-1-3-6-11)18(13)21-17(14)10-16(15)20/h1-10,15-16,20H. The second-order valence-electron chi connectivity index (χ2n) is 5.20. The van der Waals surface area contributed by atoms with Gasteiger partial charge in [-0.1, -0.05) is 70.5 Å². The minimum Gasteiger partial charge on any atom is -0.387 e. The van der Waals surface area contributed by atoms with Crippen molar-refractivity contribution in [2.75, 3.05) is 0 Å². The van der Waals surface area contributed by atoms with Gasteiger partial charge in [-0.25, -0.2) is 0 Å². The van der Waals surface area contributed by atoms with Gasteiger partial charge in [-0.15, -0.1) is 11.3 Å². The molecule has 0 amide bonds. The zero-order valence-electron chi connectivity index (χ0n) is 11.2. The van der Waals surface area contributed by atoms with Crippen LogP contribution in [-0.2, 0) is 0 Å². The maximum Gasteiger partial charge on any atom is 0.0897 e. The van der Waals surface area contributed by atoms with Crippen LogP contribution in [0, 0.1) is 0 Å². The molecule has 3 heteroatoms. The van der Waals surface area contributed by atoms with Crippen molar-refractivity contribution < 1.29 is 5.11 Å². The molecule has 2 unspecified atom stereocenters. The monoisotopic (exact) mass is 356 g/mol. The molecule has 1 aliphatic rings. The van der Waals surface area contributed by atoms with Gasteiger partial charge in [0.05, 0.1) is 10.9 Å². The van der Waals surface area contributed by atoms with E-state index >= 15 is 0 Å². The average Bonchev–Trinajstić information content (AvgIpc) is 2.86. The summed E-state index contributed by atoms with van der Waals surface area (Å²) in [6.45, 7) is 0. The highest BCUT2D eigenvalue weighted by Crippen LogP contribution is 2.29. The van der Waals surface area contributed by atoms with E-state index in [9.17, 15) is 5.11 Å². The van der Waals surface area contributed by atoms with Gasteiger partial charge in [0.2, 0.25) is 0 Å². The van der Waals surface area contributed by atoms with Crippen LogP contribution in [0.2, 0.25) is 0 Å². The highest BCUT2D eigenvalue weighted by atomic mass is 79.9. The first-order valence-corrected chi connectivity index (χ1v) is 8.60. The highest BCUT2D eigenvalue weighted by molar-refractivity contribution is 9.09. The third-order valence-electron chi connectivity index (χ3n) is 3.84. The van der Waals surface area contributed by atoms with E-state index in [1.54, 1.807) is 11.3 Å². The number of aliphatic hydroxyl groups is 1. The zero-order chi connectivity index (χ0) is 14.4. The molecule has 4 rings (SSSR count). The summed E-state index contributed by atoms with van der Waals surface area (Å²) in [5, 5.41) is 12.5. The molecule has 0 spiro atoms. The quantitative estimate of drug-likeness (QED) is 0.663. The molecule has 1 aliphatic carbocycles. The lowest BCUT2D eigenvalue weighted by atomic mass is 10.0. The summed E-state index contributed by atoms with van der Waals surface area (Å²) in [6, 6.07) is 16.9. The number of hydrogen-bond donors (Lipinski definition) is 1. The van der Waals surface area contributed by atoms with Crippen molar-refractivity contribution in [3.8, 4) is 11.1 Å². The van der Waals surface area contributed by atoms with Crippen LogP contribution in [0.5, 0.6) is 0 Å². The Labute approximate surface area is 135 Å². The molecular weight excluding hydrogens is 344 g/mol. The maximum absolute atomic E-state index is 10.0. The fourth-order valence-corrected chi connectivity index (χ4v) is 4.52. The summed E-state index contributed by atoms with van der Waals surface area (Å²) in [5.74, 6) is 0. The average molecular weight is 357 g/mol. The van der Waals surface area contributed by atoms with Crippen molar-refractivity contribution in [3.63, 3.8) is 0 Å². The Morgan fingerprint density at radius 1 is 0.952 bits per heavy atom. The third-order valence-corrected chi connectivity index (χ3v) is 5.87. The molecule has 21 heavy (non-hydrogen) atoms. The van der Waals surface area contributed by atoms with Crippen LogP contribution < -0.4 is 9.75 Å². The maximum atomic E-state index is 10.0. The molecule has 1 N–H and O–H groups in total. The van der Waals surface area contributed by atoms with Crippen LogP contribution in [0.15, 0.2) is 48.5 Å². The third kappa shape index (κ3) is 2.16. The molecule has 0 saturated heterocycles. The van der Waals surface area contributed by atoms with E-state index in [0.29, 0.717) is 0 Å². The molecule has 1 nitrogen and oxygen atoms in total. The Morgan fingerprint density at radius 2 is 1.76 bits per heavy atom. The van der Waals surface area contributed by atoms with E-state index in [2.05, 4.69) is 64.5 Å². The molecule has 3 aromatic rings. The van der Waals surface area contributed by atoms with Crippen LogP contribution in [-0.4, -0.2) is 16.0 Å². The van der Waals surface area contributed by atoms with E-state index < -0.39 is 6.10 Å². The first-order chi connectivity index (χ1) is 10.2. The van der Waals surface area contributed by atoms with E-state index in [4.69, 9.17) is 0 Å². The van der Waals surface area contributed by atoms with Crippen LogP contribution in [0.1, 0.15) is 0 Å². The normalized spacial score (nSPS) is 20.7. The van der Waals surface area contributed by atoms with E-state index in [1.165, 1.54) is 26.4 Å². The summed E-state index contributed by atoms with van der Waals surface area (Å²) in [4.78, 5) is -0.0109. The number of aliphatic hydroxyl groups excluding tert-OH is 1. The van der Waals surface area contributed by atoms with Crippen molar-refractivity contribution in [1.29, 1.82) is 0 Å². The van der Waals surface area contributed by atoms with Crippen LogP contribution in [0.3, 0.4) is 0 Å². The van der Waals surface area contributed by atoms with Gasteiger partial charge in [0.25, 0.3) is 0 Å². The summed E-state index contributed by atoms with van der Waals surface area (Å²) in [7, 11) is 0. The van der Waals surface area contributed by atoms with Crippen molar-refractivity contribution in [3.05, 3.63) is 58.3 Å². The minimum absolute atomic E-state index is 0.0109. The number of benzene rings is 2. The van der Waals surface area contributed by atoms with E-state index in [-0.39, 0.29) is 4.83 Å². The number of rotatable bonds is 1. The first-order valence-electron chi connectivity index (χ1n) is 6.87. The lowest BCUT2D eigenvalue weighted by Gasteiger charge is -2.11. The van der Waals surface area contributed by atoms with Gasteiger partial charge < -0.3 is 5.11 Å². The van der Waals surface area contributed by atoms with E-state index in [0.717, 1.165) is 4.53 Å². The van der Waals surface area contributed by atoms with Crippen molar-refractivity contribution in [1.82, 2.24) is 0 Å². The van der Waals surface area contributed by atoms with Gasteiger partial charge >= 0.3 is 0 Å². The topological polar surface area (TPSA) is 20.2 Å². The number of thiophene rings is 1. The number of fused-ring (bicyclic) bond motifs is 3. The summed E-state index contributed by atoms with van der Waals surface area (Å²) < 4.78 is 2.45. The summed E-state index contributed by atoms with van der Waals surface area (Å²) in [5.41, 5.74) is 2.49. The first kappa shape index (κ1) is 13.3. The largest absolute Gasteiger partial charge is 0.387 e. The predicted octanol–water partition coefficient (Wildman–Crippen LogP) is 3.27. The Bertz CT molecular complexity index is 927. The van der Waals surface area contributed by atoms with Gasteiger partial charge in [0.1, 0.15) is 0 Å². The molecule has 0 bridgehead atoms. The lowest BCUT2D eigenvalue weighted by Crippen LogP contribution is -2.32.